The molecule has 0 fully saturated rings. The van der Waals surface area contributed by atoms with Crippen LogP contribution in [0.15, 0.2) is 12.3 Å². The molecule has 2 heterocycles. The van der Waals surface area contributed by atoms with E-state index in [4.69, 9.17) is 0 Å². The second-order valence-electron chi connectivity index (χ2n) is 3.18. The lowest BCUT2D eigenvalue weighted by Gasteiger charge is -2.03. The molecule has 0 unspecified atom stereocenters. The van der Waals surface area contributed by atoms with Gasteiger partial charge < -0.3 is 10.1 Å². The maximum atomic E-state index is 11.5. The molecule has 6 heteroatoms. The van der Waals surface area contributed by atoms with Gasteiger partial charge >= 0.3 is 5.97 Å². The summed E-state index contributed by atoms with van der Waals surface area (Å²) in [4.78, 5) is 15.7. The number of aromatic nitrogens is 3. The quantitative estimate of drug-likeness (QED) is 0.816. The van der Waals surface area contributed by atoms with Crippen molar-refractivity contribution in [2.45, 2.75) is 20.8 Å². The lowest BCUT2D eigenvalue weighted by atomic mass is 10.2. The molecule has 0 aromatic carbocycles. The van der Waals surface area contributed by atoms with Gasteiger partial charge in [0.2, 0.25) is 0 Å². The molecule has 0 spiro atoms. The Labute approximate surface area is 106 Å². The van der Waals surface area contributed by atoms with Crippen molar-refractivity contribution in [1.29, 1.82) is 0 Å². The monoisotopic (exact) mass is 250 g/mol. The Morgan fingerprint density at radius 1 is 1.50 bits per heavy atom. The number of hydrogen-bond acceptors (Lipinski definition) is 5. The summed E-state index contributed by atoms with van der Waals surface area (Å²) in [5.41, 5.74) is 1.01. The minimum atomic E-state index is -0.474. The van der Waals surface area contributed by atoms with Crippen molar-refractivity contribution in [2.75, 3.05) is 19.0 Å². The van der Waals surface area contributed by atoms with E-state index in [1.165, 1.54) is 7.11 Å². The molecule has 98 valence electrons. The first-order chi connectivity index (χ1) is 8.77. The second kappa shape index (κ2) is 6.58. The van der Waals surface area contributed by atoms with Gasteiger partial charge in [0, 0.05) is 12.7 Å². The average molecular weight is 250 g/mol. The first kappa shape index (κ1) is 14.0. The van der Waals surface area contributed by atoms with Crippen molar-refractivity contribution in [1.82, 2.24) is 15.2 Å². The van der Waals surface area contributed by atoms with E-state index in [2.05, 4.69) is 25.2 Å². The molecule has 2 N–H and O–H groups in total. The van der Waals surface area contributed by atoms with Crippen molar-refractivity contribution in [3.63, 3.8) is 0 Å². The fourth-order valence-corrected chi connectivity index (χ4v) is 1.51. The third kappa shape index (κ3) is 2.58. The van der Waals surface area contributed by atoms with E-state index in [1.54, 1.807) is 12.3 Å². The van der Waals surface area contributed by atoms with Crippen molar-refractivity contribution >= 4 is 22.7 Å². The topological polar surface area (TPSA) is 79.9 Å². The van der Waals surface area contributed by atoms with Gasteiger partial charge in [-0.1, -0.05) is 13.8 Å². The number of ether oxygens (including phenoxy) is 1. The molecule has 0 aliphatic rings. The summed E-state index contributed by atoms with van der Waals surface area (Å²) in [6, 6.07) is 1.76. The van der Waals surface area contributed by atoms with E-state index < -0.39 is 5.97 Å². The van der Waals surface area contributed by atoms with Crippen LogP contribution >= 0.6 is 0 Å². The summed E-state index contributed by atoms with van der Waals surface area (Å²) in [5, 5.41) is 10.4. The number of fused-ring (bicyclic) bond motifs is 1. The average Bonchev–Trinajstić information content (AvgIpc) is 2.85. The largest absolute Gasteiger partial charge is 0.464 e. The van der Waals surface area contributed by atoms with Gasteiger partial charge in [0.25, 0.3) is 0 Å². The Hall–Kier alpha value is -2.11. The van der Waals surface area contributed by atoms with E-state index in [0.717, 1.165) is 12.1 Å². The Morgan fingerprint density at radius 3 is 2.83 bits per heavy atom. The third-order valence-corrected chi connectivity index (χ3v) is 2.20. The highest BCUT2D eigenvalue weighted by atomic mass is 16.5. The van der Waals surface area contributed by atoms with Gasteiger partial charge in [-0.25, -0.2) is 9.78 Å². The fraction of sp³-hybridized carbons (Fsp3) is 0.417. The number of esters is 1. The van der Waals surface area contributed by atoms with Crippen molar-refractivity contribution in [2.24, 2.45) is 0 Å². The van der Waals surface area contributed by atoms with Crippen LogP contribution in [0.4, 0.5) is 5.82 Å². The molecule has 0 saturated carbocycles. The number of nitrogens with zero attached hydrogens (tertiary/aromatic N) is 2. The van der Waals surface area contributed by atoms with Gasteiger partial charge in [-0.05, 0) is 13.0 Å². The Balaban J connectivity index is 0.000000771. The van der Waals surface area contributed by atoms with E-state index in [9.17, 15) is 4.79 Å². The van der Waals surface area contributed by atoms with E-state index >= 15 is 0 Å². The number of carbonyl (C=O) groups excluding carboxylic acids is 1. The van der Waals surface area contributed by atoms with Crippen LogP contribution < -0.4 is 5.32 Å². The fourth-order valence-electron chi connectivity index (χ4n) is 1.51. The van der Waals surface area contributed by atoms with Crippen LogP contribution in [0.25, 0.3) is 10.9 Å². The number of pyridine rings is 1. The third-order valence-electron chi connectivity index (χ3n) is 2.20. The molecular weight excluding hydrogens is 232 g/mol. The first-order valence-electron chi connectivity index (χ1n) is 5.93. The zero-order chi connectivity index (χ0) is 13.5. The highest BCUT2D eigenvalue weighted by Crippen LogP contribution is 2.23. The second-order valence-corrected chi connectivity index (χ2v) is 3.18. The summed E-state index contributed by atoms with van der Waals surface area (Å²) in [5.74, 6) is 0.160. The van der Waals surface area contributed by atoms with Gasteiger partial charge in [-0.3, -0.25) is 5.10 Å². The summed E-state index contributed by atoms with van der Waals surface area (Å²) in [6.07, 6.45) is 1.65. The first-order valence-corrected chi connectivity index (χ1v) is 5.93. The molecule has 0 atom stereocenters. The number of hydrogen-bond donors (Lipinski definition) is 2. The van der Waals surface area contributed by atoms with E-state index in [0.29, 0.717) is 11.2 Å². The van der Waals surface area contributed by atoms with Crippen LogP contribution in [-0.2, 0) is 4.74 Å². The van der Waals surface area contributed by atoms with Crippen LogP contribution in [0.2, 0.25) is 0 Å². The van der Waals surface area contributed by atoms with Gasteiger partial charge in [0.1, 0.15) is 5.82 Å². The number of aromatic amines is 1. The molecule has 0 saturated heterocycles. The number of anilines is 1. The molecule has 0 amide bonds. The van der Waals surface area contributed by atoms with Gasteiger partial charge in [0.05, 0.1) is 18.0 Å². The molecule has 2 aromatic heterocycles. The maximum absolute atomic E-state index is 11.5. The number of carbonyl (C=O) groups is 1. The number of H-pyrrole nitrogens is 1. The smallest absolute Gasteiger partial charge is 0.359 e. The zero-order valence-electron chi connectivity index (χ0n) is 11.1. The summed E-state index contributed by atoms with van der Waals surface area (Å²) >= 11 is 0. The van der Waals surface area contributed by atoms with Crippen molar-refractivity contribution < 1.29 is 9.53 Å². The zero-order valence-corrected chi connectivity index (χ0v) is 11.1. The van der Waals surface area contributed by atoms with Crippen LogP contribution in [-0.4, -0.2) is 34.8 Å². The van der Waals surface area contributed by atoms with Gasteiger partial charge in [-0.2, -0.15) is 5.10 Å². The summed E-state index contributed by atoms with van der Waals surface area (Å²) in [6.45, 7) is 6.68. The molecule has 18 heavy (non-hydrogen) atoms. The molecule has 0 radical (unpaired) electrons. The van der Waals surface area contributed by atoms with Gasteiger partial charge in [0.15, 0.2) is 5.69 Å². The molecule has 0 aliphatic carbocycles. The normalized spacial score (nSPS) is 9.56. The molecular formula is C12H18N4O2. The standard InChI is InChI=1S/C10H12N4O2.C2H6/c1-3-11-9-7-6(4-5-12-9)13-14-8(7)10(15)16-2;1-2/h4-5H,3H2,1-2H3,(H,11,12)(H,13,14);1-2H3. The molecule has 2 aromatic rings. The Kier molecular flexibility index (Phi) is 5.10. The minimum absolute atomic E-state index is 0.251. The number of methoxy groups -OCH3 is 1. The molecule has 6 nitrogen and oxygen atoms in total. The number of rotatable bonds is 3. The predicted molar refractivity (Wildman–Crippen MR) is 70.7 cm³/mol. The summed E-state index contributed by atoms with van der Waals surface area (Å²) in [7, 11) is 1.33. The van der Waals surface area contributed by atoms with Gasteiger partial charge in [-0.15, -0.1) is 0 Å². The summed E-state index contributed by atoms with van der Waals surface area (Å²) < 4.78 is 4.66. The highest BCUT2D eigenvalue weighted by molar-refractivity contribution is 6.06. The van der Waals surface area contributed by atoms with Crippen LogP contribution in [0.3, 0.4) is 0 Å². The lowest BCUT2D eigenvalue weighted by molar-refractivity contribution is 0.0596. The number of nitrogens with one attached hydrogen (secondary N) is 2. The van der Waals surface area contributed by atoms with E-state index in [1.807, 2.05) is 20.8 Å². The Morgan fingerprint density at radius 2 is 2.22 bits per heavy atom. The molecule has 0 bridgehead atoms. The lowest BCUT2D eigenvalue weighted by Crippen LogP contribution is -2.05. The van der Waals surface area contributed by atoms with Crippen LogP contribution in [0.1, 0.15) is 31.3 Å². The van der Waals surface area contributed by atoms with E-state index in [-0.39, 0.29) is 5.69 Å². The van der Waals surface area contributed by atoms with Crippen LogP contribution in [0, 0.1) is 0 Å². The predicted octanol–water partition coefficient (Wildman–Crippen LogP) is 2.20. The Bertz CT molecular complexity index is 522. The molecule has 2 rings (SSSR count). The van der Waals surface area contributed by atoms with Crippen molar-refractivity contribution in [3.05, 3.63) is 18.0 Å². The maximum Gasteiger partial charge on any atom is 0.359 e. The molecule has 0 aliphatic heterocycles. The van der Waals surface area contributed by atoms with Crippen LogP contribution in [0.5, 0.6) is 0 Å². The minimum Gasteiger partial charge on any atom is -0.464 e. The SMILES string of the molecule is CC.CCNc1nccc2[nH]nc(C(=O)OC)c12. The van der Waals surface area contributed by atoms with Crippen molar-refractivity contribution in [3.8, 4) is 0 Å². The highest BCUT2D eigenvalue weighted by Gasteiger charge is 2.17.